The normalized spacial score (nSPS) is 16.8. The summed E-state index contributed by atoms with van der Waals surface area (Å²) in [5.74, 6) is -1.09. The molecule has 0 aromatic heterocycles. The molecular weight excluding hydrogens is 611 g/mol. The molecule has 5 rings (SSSR count). The second-order valence-corrected chi connectivity index (χ2v) is 13.1. The lowest BCUT2D eigenvalue weighted by Gasteiger charge is -2.41. The topological polar surface area (TPSA) is 130 Å². The summed E-state index contributed by atoms with van der Waals surface area (Å²) in [5.41, 5.74) is 7.88. The lowest BCUT2D eigenvalue weighted by molar-refractivity contribution is -0.127. The minimum absolute atomic E-state index is 0. The smallest absolute Gasteiger partial charge is 0.261 e. The Morgan fingerprint density at radius 3 is 2.12 bits per heavy atom. The Morgan fingerprint density at radius 1 is 0.977 bits per heavy atom. The van der Waals surface area contributed by atoms with Crippen molar-refractivity contribution in [3.8, 4) is 0 Å². The first-order chi connectivity index (χ1) is 20.0. The number of Topliss-reactive ketones (excluding diaryl/α,β-unsaturated/α-hetero) is 1. The number of nitrogens with zero attached hydrogens (tertiary/aromatic N) is 2. The first kappa shape index (κ1) is 32.6. The van der Waals surface area contributed by atoms with Crippen molar-refractivity contribution >= 4 is 57.3 Å². The molecule has 2 aliphatic rings. The van der Waals surface area contributed by atoms with Crippen LogP contribution in [0.1, 0.15) is 44.7 Å². The van der Waals surface area contributed by atoms with Crippen LogP contribution >= 0.6 is 24.0 Å². The highest BCUT2D eigenvalue weighted by Crippen LogP contribution is 2.41. The highest BCUT2D eigenvalue weighted by atomic mass is 35.5. The first-order valence-electron chi connectivity index (χ1n) is 13.8. The van der Waals surface area contributed by atoms with E-state index in [4.69, 9.17) is 17.3 Å². The summed E-state index contributed by atoms with van der Waals surface area (Å²) in [6, 6.07) is 19.8. The Bertz CT molecular complexity index is 1590. The van der Waals surface area contributed by atoms with E-state index in [1.54, 1.807) is 60.7 Å². The number of fused-ring (bicyclic) bond motifs is 1. The number of anilines is 1. The summed E-state index contributed by atoms with van der Waals surface area (Å²) < 4.78 is 27.7. The average Bonchev–Trinajstić information content (AvgIpc) is 3.23. The van der Waals surface area contributed by atoms with E-state index >= 15 is 0 Å². The Kier molecular flexibility index (Phi) is 9.98. The molecule has 0 bridgehead atoms. The monoisotopic (exact) mass is 644 g/mol. The van der Waals surface area contributed by atoms with E-state index in [1.165, 1.54) is 4.31 Å². The van der Waals surface area contributed by atoms with Crippen LogP contribution in [0, 0.1) is 0 Å². The Labute approximate surface area is 262 Å². The molecule has 2 heterocycles. The fourth-order valence-electron chi connectivity index (χ4n) is 6.02. The van der Waals surface area contributed by atoms with Gasteiger partial charge in [-0.1, -0.05) is 54.1 Å². The number of nitrogens with one attached hydrogen (secondary N) is 1. The standard InChI is InChI=1S/C31H33ClN4O5S.ClH/c1-42(40,41)36(19-18-35-29(38)23-6-2-3-7-24(23)30(35)39)27-9-5-4-8-25(27)31(14-16-34-17-15-31)28(37)26(33)20-21-10-12-22(32)13-11-21;/h2-13,26,34H,14-20,33H2,1H3;1H. The molecule has 43 heavy (non-hydrogen) atoms. The Balaban J connectivity index is 0.00000423. The predicted octanol–water partition coefficient (Wildman–Crippen LogP) is 3.58. The van der Waals surface area contributed by atoms with Crippen molar-refractivity contribution in [2.45, 2.75) is 30.7 Å². The largest absolute Gasteiger partial charge is 0.321 e. The van der Waals surface area contributed by atoms with Crippen LogP contribution < -0.4 is 15.4 Å². The molecule has 3 aromatic carbocycles. The number of nitrogens with two attached hydrogens (primary N) is 1. The molecule has 1 unspecified atom stereocenters. The summed E-state index contributed by atoms with van der Waals surface area (Å²) in [6.45, 7) is 0.802. The third-order valence-electron chi connectivity index (χ3n) is 8.13. The number of para-hydroxylation sites is 1. The van der Waals surface area contributed by atoms with E-state index in [0.717, 1.165) is 16.7 Å². The van der Waals surface area contributed by atoms with Crippen molar-refractivity contribution in [3.05, 3.63) is 100 Å². The van der Waals surface area contributed by atoms with Crippen LogP contribution in [0.5, 0.6) is 0 Å². The molecule has 3 N–H and O–H groups in total. The molecule has 1 fully saturated rings. The van der Waals surface area contributed by atoms with E-state index in [-0.39, 0.29) is 31.3 Å². The zero-order chi connectivity index (χ0) is 30.1. The van der Waals surface area contributed by atoms with Gasteiger partial charge in [0.2, 0.25) is 10.0 Å². The minimum Gasteiger partial charge on any atom is -0.321 e. The molecule has 3 aromatic rings. The third-order valence-corrected chi connectivity index (χ3v) is 9.56. The van der Waals surface area contributed by atoms with E-state index in [1.807, 2.05) is 12.1 Å². The number of rotatable bonds is 10. The van der Waals surface area contributed by atoms with Gasteiger partial charge in [0.05, 0.1) is 41.1 Å². The van der Waals surface area contributed by atoms with E-state index in [0.29, 0.717) is 59.8 Å². The first-order valence-corrected chi connectivity index (χ1v) is 16.0. The van der Waals surface area contributed by atoms with Gasteiger partial charge in [0, 0.05) is 11.6 Å². The molecule has 2 amide bonds. The van der Waals surface area contributed by atoms with Crippen LogP contribution in [0.25, 0.3) is 0 Å². The number of benzene rings is 3. The molecule has 1 atom stereocenters. The van der Waals surface area contributed by atoms with Crippen molar-refractivity contribution in [2.75, 3.05) is 36.7 Å². The quantitative estimate of drug-likeness (QED) is 0.323. The highest BCUT2D eigenvalue weighted by molar-refractivity contribution is 7.92. The Hall–Kier alpha value is -3.28. The molecule has 0 aliphatic carbocycles. The van der Waals surface area contributed by atoms with Crippen molar-refractivity contribution in [1.82, 2.24) is 10.2 Å². The van der Waals surface area contributed by atoms with Gasteiger partial charge in [-0.3, -0.25) is 23.6 Å². The highest BCUT2D eigenvalue weighted by Gasteiger charge is 2.45. The number of imide groups is 1. The fourth-order valence-corrected chi connectivity index (χ4v) is 7.07. The summed E-state index contributed by atoms with van der Waals surface area (Å²) in [4.78, 5) is 41.3. The van der Waals surface area contributed by atoms with Gasteiger partial charge in [-0.05, 0) is 73.8 Å². The van der Waals surface area contributed by atoms with E-state index < -0.39 is 33.3 Å². The average molecular weight is 646 g/mol. The van der Waals surface area contributed by atoms with Crippen LogP contribution in [0.4, 0.5) is 5.69 Å². The van der Waals surface area contributed by atoms with Gasteiger partial charge in [0.25, 0.3) is 11.8 Å². The van der Waals surface area contributed by atoms with E-state index in [9.17, 15) is 22.8 Å². The zero-order valence-corrected chi connectivity index (χ0v) is 26.1. The molecule has 0 radical (unpaired) electrons. The SMILES string of the molecule is CS(=O)(=O)N(CCN1C(=O)c2ccccc2C1=O)c1ccccc1C1(C(=O)C(N)Cc2ccc(Cl)cc2)CCNCC1.Cl. The maximum Gasteiger partial charge on any atom is 0.261 e. The van der Waals surface area contributed by atoms with Crippen molar-refractivity contribution in [2.24, 2.45) is 5.73 Å². The van der Waals surface area contributed by atoms with Crippen molar-refractivity contribution < 1.29 is 22.8 Å². The molecule has 1 saturated heterocycles. The summed E-state index contributed by atoms with van der Waals surface area (Å²) in [7, 11) is -3.89. The molecule has 9 nitrogen and oxygen atoms in total. The second kappa shape index (κ2) is 13.2. The van der Waals surface area contributed by atoms with Gasteiger partial charge >= 0.3 is 0 Å². The number of hydrogen-bond donors (Lipinski definition) is 2. The van der Waals surface area contributed by atoms with Gasteiger partial charge in [-0.2, -0.15) is 0 Å². The van der Waals surface area contributed by atoms with Gasteiger partial charge in [-0.15, -0.1) is 12.4 Å². The molecule has 0 spiro atoms. The molecule has 12 heteroatoms. The predicted molar refractivity (Wildman–Crippen MR) is 170 cm³/mol. The number of carbonyl (C=O) groups is 3. The summed E-state index contributed by atoms with van der Waals surface area (Å²) >= 11 is 6.03. The number of halogens is 2. The van der Waals surface area contributed by atoms with Crippen LogP contribution in [-0.4, -0.2) is 69.4 Å². The van der Waals surface area contributed by atoms with Gasteiger partial charge in [-0.25, -0.2) is 8.42 Å². The zero-order valence-electron chi connectivity index (χ0n) is 23.7. The minimum atomic E-state index is -3.89. The Morgan fingerprint density at radius 2 is 1.53 bits per heavy atom. The number of ketones is 1. The fraction of sp³-hybridized carbons (Fsp3) is 0.323. The van der Waals surface area contributed by atoms with Crippen LogP contribution in [-0.2, 0) is 26.7 Å². The maximum atomic E-state index is 14.3. The van der Waals surface area contributed by atoms with Gasteiger partial charge in [0.15, 0.2) is 5.78 Å². The van der Waals surface area contributed by atoms with Crippen LogP contribution in [0.3, 0.4) is 0 Å². The van der Waals surface area contributed by atoms with Crippen LogP contribution in [0.15, 0.2) is 72.8 Å². The third kappa shape index (κ3) is 6.49. The van der Waals surface area contributed by atoms with Gasteiger partial charge < -0.3 is 11.1 Å². The number of hydrogen-bond acceptors (Lipinski definition) is 7. The molecule has 2 aliphatic heterocycles. The summed E-state index contributed by atoms with van der Waals surface area (Å²) in [6.07, 6.45) is 2.26. The number of piperidine rings is 1. The lowest BCUT2D eigenvalue weighted by Crippen LogP contribution is -2.53. The second-order valence-electron chi connectivity index (χ2n) is 10.8. The summed E-state index contributed by atoms with van der Waals surface area (Å²) in [5, 5.41) is 3.88. The number of sulfonamides is 1. The molecule has 228 valence electrons. The lowest BCUT2D eigenvalue weighted by atomic mass is 9.67. The van der Waals surface area contributed by atoms with E-state index in [2.05, 4.69) is 5.32 Å². The van der Waals surface area contributed by atoms with Crippen LogP contribution in [0.2, 0.25) is 5.02 Å². The van der Waals surface area contributed by atoms with Crippen molar-refractivity contribution in [1.29, 1.82) is 0 Å². The maximum absolute atomic E-state index is 14.3. The molecule has 0 saturated carbocycles. The van der Waals surface area contributed by atoms with Gasteiger partial charge in [0.1, 0.15) is 0 Å². The number of carbonyl (C=O) groups excluding carboxylic acids is 3. The molecular formula is C31H34Cl2N4O5S. The number of amides is 2. The van der Waals surface area contributed by atoms with Crippen molar-refractivity contribution in [3.63, 3.8) is 0 Å².